The van der Waals surface area contributed by atoms with Gasteiger partial charge in [0.2, 0.25) is 10.0 Å². The Morgan fingerprint density at radius 2 is 2.29 bits per heavy atom. The van der Waals surface area contributed by atoms with Gasteiger partial charge >= 0.3 is 0 Å². The van der Waals surface area contributed by atoms with Gasteiger partial charge < -0.3 is 9.47 Å². The zero-order chi connectivity index (χ0) is 15.3. The number of ether oxygens (including phenoxy) is 2. The Labute approximate surface area is 126 Å². The van der Waals surface area contributed by atoms with Crippen LogP contribution in [0.15, 0.2) is 24.5 Å². The lowest BCUT2D eigenvalue weighted by atomic mass is 10.3. The van der Waals surface area contributed by atoms with Crippen LogP contribution < -0.4 is 4.74 Å². The largest absolute Gasteiger partial charge is 0.487 e. The molecule has 0 saturated carbocycles. The highest BCUT2D eigenvalue weighted by Crippen LogP contribution is 2.19. The number of aromatic nitrogens is 1. The first kappa shape index (κ1) is 16.2. The van der Waals surface area contributed by atoms with Gasteiger partial charge in [-0.2, -0.15) is 4.31 Å². The molecule has 1 fully saturated rings. The fraction of sp³-hybridized carbons (Fsp3) is 0.643. The maximum atomic E-state index is 12.2. The van der Waals surface area contributed by atoms with Crippen molar-refractivity contribution in [3.05, 3.63) is 24.5 Å². The van der Waals surface area contributed by atoms with E-state index in [0.29, 0.717) is 25.3 Å². The van der Waals surface area contributed by atoms with Crippen LogP contribution >= 0.6 is 0 Å². The Kier molecular flexibility index (Phi) is 5.55. The van der Waals surface area contributed by atoms with Crippen LogP contribution in [0.2, 0.25) is 0 Å². The lowest BCUT2D eigenvalue weighted by Gasteiger charge is -2.17. The van der Waals surface area contributed by atoms with Crippen molar-refractivity contribution in [3.8, 4) is 5.75 Å². The molecule has 1 saturated heterocycles. The number of sulfonamides is 1. The molecule has 1 aliphatic rings. The third kappa shape index (κ3) is 4.94. The normalized spacial score (nSPS) is 20.0. The molecule has 1 aromatic rings. The van der Waals surface area contributed by atoms with E-state index >= 15 is 0 Å². The summed E-state index contributed by atoms with van der Waals surface area (Å²) in [7, 11) is -3.27. The zero-order valence-electron chi connectivity index (χ0n) is 12.4. The monoisotopic (exact) mass is 314 g/mol. The van der Waals surface area contributed by atoms with Gasteiger partial charge in [-0.3, -0.25) is 4.98 Å². The van der Waals surface area contributed by atoms with E-state index in [4.69, 9.17) is 9.47 Å². The smallest absolute Gasteiger partial charge is 0.216 e. The summed E-state index contributed by atoms with van der Waals surface area (Å²) in [5.74, 6) is 0.690. The van der Waals surface area contributed by atoms with Crippen LogP contribution in [0.1, 0.15) is 20.3 Å². The maximum absolute atomic E-state index is 12.2. The van der Waals surface area contributed by atoms with Crippen molar-refractivity contribution in [2.75, 3.05) is 25.4 Å². The third-order valence-corrected chi connectivity index (χ3v) is 5.03. The summed E-state index contributed by atoms with van der Waals surface area (Å²) in [6.07, 6.45) is 3.93. The van der Waals surface area contributed by atoms with Crippen LogP contribution in [0.5, 0.6) is 5.75 Å². The van der Waals surface area contributed by atoms with Gasteiger partial charge in [0, 0.05) is 12.7 Å². The van der Waals surface area contributed by atoms with Crippen molar-refractivity contribution in [1.29, 1.82) is 0 Å². The Morgan fingerprint density at radius 1 is 1.48 bits per heavy atom. The number of nitrogens with zero attached hydrogens (tertiary/aromatic N) is 2. The Bertz CT molecular complexity index is 533. The van der Waals surface area contributed by atoms with Gasteiger partial charge in [-0.05, 0) is 32.4 Å². The Hall–Kier alpha value is -1.18. The molecule has 0 amide bonds. The molecule has 0 N–H and O–H groups in total. The average molecular weight is 314 g/mol. The van der Waals surface area contributed by atoms with Crippen LogP contribution in [0.4, 0.5) is 0 Å². The van der Waals surface area contributed by atoms with Gasteiger partial charge in [-0.25, -0.2) is 8.42 Å². The molecule has 0 spiro atoms. The van der Waals surface area contributed by atoms with Crippen molar-refractivity contribution in [3.63, 3.8) is 0 Å². The van der Waals surface area contributed by atoms with Gasteiger partial charge in [-0.1, -0.05) is 0 Å². The zero-order valence-corrected chi connectivity index (χ0v) is 13.3. The van der Waals surface area contributed by atoms with Gasteiger partial charge in [0.1, 0.15) is 11.9 Å². The molecule has 1 aliphatic heterocycles. The highest BCUT2D eigenvalue weighted by atomic mass is 32.2. The molecule has 0 unspecified atom stereocenters. The molecular weight excluding hydrogens is 292 g/mol. The first-order chi connectivity index (χ1) is 9.97. The molecule has 7 heteroatoms. The van der Waals surface area contributed by atoms with Crippen LogP contribution in [0, 0.1) is 0 Å². The molecule has 0 radical (unpaired) electrons. The summed E-state index contributed by atoms with van der Waals surface area (Å²) in [6.45, 7) is 4.89. The van der Waals surface area contributed by atoms with Crippen molar-refractivity contribution in [1.82, 2.24) is 9.29 Å². The second kappa shape index (κ2) is 7.20. The Morgan fingerprint density at radius 3 is 2.95 bits per heavy atom. The van der Waals surface area contributed by atoms with E-state index in [9.17, 15) is 8.42 Å². The number of pyridine rings is 1. The quantitative estimate of drug-likeness (QED) is 0.758. The van der Waals surface area contributed by atoms with E-state index in [1.165, 1.54) is 4.31 Å². The molecule has 21 heavy (non-hydrogen) atoms. The summed E-state index contributed by atoms with van der Waals surface area (Å²) in [5, 5.41) is 0. The van der Waals surface area contributed by atoms with E-state index in [0.717, 1.165) is 0 Å². The van der Waals surface area contributed by atoms with E-state index in [1.54, 1.807) is 18.5 Å². The predicted octanol–water partition coefficient (Wildman–Crippen LogP) is 1.29. The average Bonchev–Trinajstić information content (AvgIpc) is 2.88. The third-order valence-electron chi connectivity index (χ3n) is 3.23. The lowest BCUT2D eigenvalue weighted by molar-refractivity contribution is 0.0907. The molecule has 0 bridgehead atoms. The molecule has 1 atom stereocenters. The summed E-state index contributed by atoms with van der Waals surface area (Å²) in [5.41, 5.74) is 0. The molecule has 1 aromatic heterocycles. The van der Waals surface area contributed by atoms with Crippen LogP contribution in [0.3, 0.4) is 0 Å². The van der Waals surface area contributed by atoms with E-state index in [2.05, 4.69) is 4.98 Å². The summed E-state index contributed by atoms with van der Waals surface area (Å²) in [4.78, 5) is 3.98. The number of rotatable bonds is 7. The first-order valence-electron chi connectivity index (χ1n) is 7.13. The fourth-order valence-electron chi connectivity index (χ4n) is 2.17. The van der Waals surface area contributed by atoms with Crippen LogP contribution in [-0.2, 0) is 14.8 Å². The van der Waals surface area contributed by atoms with Crippen molar-refractivity contribution in [2.45, 2.75) is 32.5 Å². The van der Waals surface area contributed by atoms with Gasteiger partial charge in [0.15, 0.2) is 0 Å². The highest BCUT2D eigenvalue weighted by molar-refractivity contribution is 7.89. The lowest BCUT2D eigenvalue weighted by Crippen LogP contribution is -2.34. The molecule has 118 valence electrons. The van der Waals surface area contributed by atoms with Gasteiger partial charge in [-0.15, -0.1) is 0 Å². The minimum atomic E-state index is -3.27. The minimum Gasteiger partial charge on any atom is -0.487 e. The molecule has 6 nitrogen and oxygen atoms in total. The highest BCUT2D eigenvalue weighted by Gasteiger charge is 2.32. The second-order valence-electron chi connectivity index (χ2n) is 5.31. The van der Waals surface area contributed by atoms with E-state index in [1.807, 2.05) is 19.9 Å². The second-order valence-corrected chi connectivity index (χ2v) is 7.40. The summed E-state index contributed by atoms with van der Waals surface area (Å²) < 4.78 is 36.9. The maximum Gasteiger partial charge on any atom is 0.216 e. The van der Waals surface area contributed by atoms with Crippen molar-refractivity contribution >= 4 is 10.0 Å². The molecule has 0 aromatic carbocycles. The summed E-state index contributed by atoms with van der Waals surface area (Å²) in [6, 6.07) is 3.61. The number of hydrogen-bond donors (Lipinski definition) is 0. The molecule has 0 aliphatic carbocycles. The number of hydrogen-bond acceptors (Lipinski definition) is 5. The SMILES string of the molecule is CC(C)OCCS(=O)(=O)N1CC[C@@H](Oc2cccnc2)C1. The van der Waals surface area contributed by atoms with Crippen molar-refractivity contribution < 1.29 is 17.9 Å². The van der Waals surface area contributed by atoms with Gasteiger partial charge in [0.25, 0.3) is 0 Å². The molecular formula is C14H22N2O4S. The predicted molar refractivity (Wildman–Crippen MR) is 79.7 cm³/mol. The standard InChI is InChI=1S/C14H22N2O4S/c1-12(2)19-8-9-21(17,18)16-7-5-14(11-16)20-13-4-3-6-15-10-13/h3-4,6,10,12,14H,5,7-9,11H2,1-2H3/t14-/m1/s1. The van der Waals surface area contributed by atoms with Crippen molar-refractivity contribution in [2.24, 2.45) is 0 Å². The Balaban J connectivity index is 1.83. The molecule has 2 heterocycles. The minimum absolute atomic E-state index is 0.0186. The topological polar surface area (TPSA) is 68.7 Å². The molecule has 2 rings (SSSR count). The van der Waals surface area contributed by atoms with E-state index in [-0.39, 0.29) is 24.6 Å². The van der Waals surface area contributed by atoms with Crippen LogP contribution in [-0.4, -0.2) is 55.4 Å². The summed E-state index contributed by atoms with van der Waals surface area (Å²) >= 11 is 0. The first-order valence-corrected chi connectivity index (χ1v) is 8.74. The van der Waals surface area contributed by atoms with E-state index < -0.39 is 10.0 Å². The van der Waals surface area contributed by atoms with Crippen LogP contribution in [0.25, 0.3) is 0 Å². The fourth-order valence-corrected chi connectivity index (χ4v) is 3.52. The van der Waals surface area contributed by atoms with Gasteiger partial charge in [0.05, 0.1) is 31.2 Å².